The Labute approximate surface area is 125 Å². The van der Waals surface area contributed by atoms with Gasteiger partial charge in [0, 0.05) is 29.0 Å². The summed E-state index contributed by atoms with van der Waals surface area (Å²) in [4.78, 5) is 0.894. The fourth-order valence-electron chi connectivity index (χ4n) is 1.69. The number of benzene rings is 1. The number of para-hydroxylation sites is 1. The number of sulfonamides is 1. The van der Waals surface area contributed by atoms with Crippen molar-refractivity contribution < 1.29 is 13.5 Å². The number of nitrogens with one attached hydrogen (secondary N) is 1. The molecule has 0 aromatic heterocycles. The van der Waals surface area contributed by atoms with Crippen LogP contribution in [0.2, 0.25) is 0 Å². The molecule has 0 spiro atoms. The zero-order valence-corrected chi connectivity index (χ0v) is 13.2. The van der Waals surface area contributed by atoms with Gasteiger partial charge in [0.05, 0.1) is 5.75 Å². The van der Waals surface area contributed by atoms with Crippen LogP contribution in [0.1, 0.15) is 19.8 Å². The first-order valence-corrected chi connectivity index (χ1v) is 9.20. The van der Waals surface area contributed by atoms with E-state index in [1.165, 1.54) is 11.8 Å². The van der Waals surface area contributed by atoms with Crippen LogP contribution in [0.15, 0.2) is 29.2 Å². The van der Waals surface area contributed by atoms with E-state index in [1.807, 2.05) is 25.1 Å². The van der Waals surface area contributed by atoms with E-state index in [9.17, 15) is 8.42 Å². The molecule has 1 atom stereocenters. The second kappa shape index (κ2) is 8.51. The molecule has 0 saturated heterocycles. The SMILES string of the molecule is CCC(CCO)NS(=O)(=O)CCSc1ccccc1N. The monoisotopic (exact) mass is 318 g/mol. The van der Waals surface area contributed by atoms with Gasteiger partial charge in [-0.15, -0.1) is 11.8 Å². The lowest BCUT2D eigenvalue weighted by Crippen LogP contribution is -2.37. The van der Waals surface area contributed by atoms with E-state index in [1.54, 1.807) is 6.07 Å². The van der Waals surface area contributed by atoms with Crippen LogP contribution in [-0.2, 0) is 10.0 Å². The molecule has 1 unspecified atom stereocenters. The normalized spacial score (nSPS) is 13.3. The summed E-state index contributed by atoms with van der Waals surface area (Å²) in [6.07, 6.45) is 1.10. The van der Waals surface area contributed by atoms with Crippen molar-refractivity contribution >= 4 is 27.5 Å². The highest BCUT2D eigenvalue weighted by Gasteiger charge is 2.16. The van der Waals surface area contributed by atoms with Crippen molar-refractivity contribution in [2.75, 3.05) is 23.8 Å². The van der Waals surface area contributed by atoms with E-state index in [0.29, 0.717) is 24.3 Å². The van der Waals surface area contributed by atoms with Gasteiger partial charge >= 0.3 is 0 Å². The Kier molecular flexibility index (Phi) is 7.36. The van der Waals surface area contributed by atoms with E-state index in [4.69, 9.17) is 10.8 Å². The molecule has 0 saturated carbocycles. The van der Waals surface area contributed by atoms with Gasteiger partial charge in [0.2, 0.25) is 10.0 Å². The molecule has 0 aliphatic heterocycles. The predicted molar refractivity (Wildman–Crippen MR) is 84.3 cm³/mol. The van der Waals surface area contributed by atoms with Crippen LogP contribution < -0.4 is 10.5 Å². The van der Waals surface area contributed by atoms with Crippen LogP contribution in [0.4, 0.5) is 5.69 Å². The van der Waals surface area contributed by atoms with Crippen LogP contribution in [-0.4, -0.2) is 37.7 Å². The lowest BCUT2D eigenvalue weighted by Gasteiger charge is -2.15. The second-order valence-corrected chi connectivity index (χ2v) is 7.45. The van der Waals surface area contributed by atoms with Crippen molar-refractivity contribution in [1.82, 2.24) is 4.72 Å². The predicted octanol–water partition coefficient (Wildman–Crippen LogP) is 1.44. The molecule has 1 rings (SSSR count). The number of thioether (sulfide) groups is 1. The molecule has 4 N–H and O–H groups in total. The fourth-order valence-corrected chi connectivity index (χ4v) is 4.44. The minimum absolute atomic E-state index is 0.0175. The molecule has 20 heavy (non-hydrogen) atoms. The van der Waals surface area contributed by atoms with Crippen LogP contribution in [0.5, 0.6) is 0 Å². The van der Waals surface area contributed by atoms with Crippen LogP contribution >= 0.6 is 11.8 Å². The summed E-state index contributed by atoms with van der Waals surface area (Å²) < 4.78 is 26.4. The van der Waals surface area contributed by atoms with E-state index in [2.05, 4.69) is 4.72 Å². The van der Waals surface area contributed by atoms with E-state index >= 15 is 0 Å². The first-order valence-electron chi connectivity index (χ1n) is 6.56. The zero-order chi connectivity index (χ0) is 15.0. The minimum Gasteiger partial charge on any atom is -0.398 e. The van der Waals surface area contributed by atoms with Crippen LogP contribution in [0, 0.1) is 0 Å². The highest BCUT2D eigenvalue weighted by Crippen LogP contribution is 2.24. The Bertz CT molecular complexity index is 506. The first kappa shape index (κ1) is 17.3. The number of aliphatic hydroxyl groups is 1. The average molecular weight is 318 g/mol. The number of anilines is 1. The molecule has 0 aliphatic rings. The maximum absolute atomic E-state index is 11.9. The topological polar surface area (TPSA) is 92.4 Å². The molecule has 0 amide bonds. The fraction of sp³-hybridized carbons (Fsp3) is 0.538. The maximum atomic E-state index is 11.9. The number of nitrogen functional groups attached to an aromatic ring is 1. The van der Waals surface area contributed by atoms with Crippen molar-refractivity contribution in [3.8, 4) is 0 Å². The molecule has 7 heteroatoms. The molecule has 0 aliphatic carbocycles. The molecule has 1 aromatic rings. The molecular weight excluding hydrogens is 296 g/mol. The standard InChI is InChI=1S/C13H22N2O3S2/c1-2-11(7-8-16)15-20(17,18)10-9-19-13-6-4-3-5-12(13)14/h3-6,11,15-16H,2,7-10,14H2,1H3. The van der Waals surface area contributed by atoms with Crippen LogP contribution in [0.25, 0.3) is 0 Å². The van der Waals surface area contributed by atoms with Crippen molar-refractivity contribution in [2.24, 2.45) is 0 Å². The molecular formula is C13H22N2O3S2. The molecule has 5 nitrogen and oxygen atoms in total. The quantitative estimate of drug-likeness (QED) is 0.473. The number of nitrogens with two attached hydrogens (primary N) is 1. The number of hydrogen-bond donors (Lipinski definition) is 3. The third kappa shape index (κ3) is 6.13. The summed E-state index contributed by atoms with van der Waals surface area (Å²) in [5.41, 5.74) is 6.46. The molecule has 114 valence electrons. The summed E-state index contributed by atoms with van der Waals surface area (Å²) >= 11 is 1.43. The van der Waals surface area contributed by atoms with Gasteiger partial charge in [0.15, 0.2) is 0 Å². The summed E-state index contributed by atoms with van der Waals surface area (Å²) in [6, 6.07) is 7.19. The molecule has 1 aromatic carbocycles. The van der Waals surface area contributed by atoms with Gasteiger partial charge in [-0.1, -0.05) is 19.1 Å². The average Bonchev–Trinajstić information content (AvgIpc) is 2.40. The zero-order valence-electron chi connectivity index (χ0n) is 11.6. The summed E-state index contributed by atoms with van der Waals surface area (Å²) in [6.45, 7) is 1.87. The third-order valence-corrected chi connectivity index (χ3v) is 5.63. The van der Waals surface area contributed by atoms with E-state index < -0.39 is 10.0 Å². The van der Waals surface area contributed by atoms with Crippen molar-refractivity contribution in [2.45, 2.75) is 30.7 Å². The Balaban J connectivity index is 2.45. The number of aliphatic hydroxyl groups excluding tert-OH is 1. The van der Waals surface area contributed by atoms with E-state index in [0.717, 1.165) is 4.90 Å². The first-order chi connectivity index (χ1) is 9.48. The van der Waals surface area contributed by atoms with Gasteiger partial charge in [0.1, 0.15) is 0 Å². The van der Waals surface area contributed by atoms with Gasteiger partial charge in [-0.25, -0.2) is 13.1 Å². The molecule has 0 bridgehead atoms. The summed E-state index contributed by atoms with van der Waals surface area (Å²) in [7, 11) is -3.32. The number of hydrogen-bond acceptors (Lipinski definition) is 5. The van der Waals surface area contributed by atoms with Gasteiger partial charge in [-0.2, -0.15) is 0 Å². The summed E-state index contributed by atoms with van der Waals surface area (Å²) in [5, 5.41) is 8.87. The Hall–Kier alpha value is -0.760. The molecule has 0 radical (unpaired) electrons. The van der Waals surface area contributed by atoms with Crippen molar-refractivity contribution in [1.29, 1.82) is 0 Å². The molecule has 0 heterocycles. The number of rotatable bonds is 9. The van der Waals surface area contributed by atoms with E-state index in [-0.39, 0.29) is 18.4 Å². The molecule has 0 fully saturated rings. The summed E-state index contributed by atoms with van der Waals surface area (Å²) in [5.74, 6) is 0.479. The van der Waals surface area contributed by atoms with Gasteiger partial charge < -0.3 is 10.8 Å². The van der Waals surface area contributed by atoms with Gasteiger partial charge in [0.25, 0.3) is 0 Å². The van der Waals surface area contributed by atoms with Gasteiger partial charge in [-0.3, -0.25) is 0 Å². The van der Waals surface area contributed by atoms with Crippen LogP contribution in [0.3, 0.4) is 0 Å². The van der Waals surface area contributed by atoms with Gasteiger partial charge in [-0.05, 0) is 25.0 Å². The lowest BCUT2D eigenvalue weighted by atomic mass is 10.2. The highest BCUT2D eigenvalue weighted by atomic mass is 32.2. The minimum atomic E-state index is -3.32. The highest BCUT2D eigenvalue weighted by molar-refractivity contribution is 8.00. The second-order valence-electron chi connectivity index (χ2n) is 4.44. The Morgan fingerprint density at radius 1 is 1.40 bits per heavy atom. The van der Waals surface area contributed by atoms with Crippen molar-refractivity contribution in [3.63, 3.8) is 0 Å². The third-order valence-electron chi connectivity index (χ3n) is 2.85. The lowest BCUT2D eigenvalue weighted by molar-refractivity contribution is 0.270. The smallest absolute Gasteiger partial charge is 0.212 e. The van der Waals surface area contributed by atoms with Crippen molar-refractivity contribution in [3.05, 3.63) is 24.3 Å². The Morgan fingerprint density at radius 2 is 2.10 bits per heavy atom. The maximum Gasteiger partial charge on any atom is 0.212 e. The largest absolute Gasteiger partial charge is 0.398 e. The Morgan fingerprint density at radius 3 is 2.70 bits per heavy atom.